The molecular formula is C23H23Cl2N3O2. The Labute approximate surface area is 186 Å². The lowest BCUT2D eigenvalue weighted by molar-refractivity contribution is -0.123. The summed E-state index contributed by atoms with van der Waals surface area (Å²) in [6, 6.07) is 14.6. The van der Waals surface area contributed by atoms with Crippen LogP contribution < -0.4 is 4.90 Å². The Morgan fingerprint density at radius 2 is 1.67 bits per heavy atom. The number of imide groups is 1. The molecular weight excluding hydrogens is 421 g/mol. The number of halogens is 2. The number of hydrogen-bond acceptors (Lipinski definition) is 4. The molecule has 0 radical (unpaired) electrons. The van der Waals surface area contributed by atoms with Gasteiger partial charge in [-0.1, -0.05) is 65.7 Å². The van der Waals surface area contributed by atoms with Gasteiger partial charge in [0.1, 0.15) is 0 Å². The maximum Gasteiger partial charge on any atom is 0.251 e. The standard InChI is InChI=1S/C23H23Cl2N3O2/c24-19-9-8-18(15-20(19)25)28-22(29)16-21(23(28)30)27-13-11-26(12-14-27)10-4-7-17-5-2-1-3-6-17/h1-9,15,21H,10-14,16H2/b7-4+. The van der Waals surface area contributed by atoms with Crippen LogP contribution in [0.1, 0.15) is 12.0 Å². The lowest BCUT2D eigenvalue weighted by Crippen LogP contribution is -2.52. The fourth-order valence-electron chi connectivity index (χ4n) is 3.96. The maximum absolute atomic E-state index is 13.0. The van der Waals surface area contributed by atoms with E-state index in [0.29, 0.717) is 15.7 Å². The molecule has 2 saturated heterocycles. The van der Waals surface area contributed by atoms with Crippen LogP contribution in [0, 0.1) is 0 Å². The summed E-state index contributed by atoms with van der Waals surface area (Å²) in [7, 11) is 0. The third-order valence-corrected chi connectivity index (χ3v) is 6.34. The second-order valence-corrected chi connectivity index (χ2v) is 8.35. The van der Waals surface area contributed by atoms with E-state index in [1.807, 2.05) is 18.2 Å². The zero-order chi connectivity index (χ0) is 21.1. The number of benzene rings is 2. The Morgan fingerprint density at radius 1 is 0.933 bits per heavy atom. The SMILES string of the molecule is O=C1CC(N2CCN(C/C=C/c3ccccc3)CC2)C(=O)N1c1ccc(Cl)c(Cl)c1. The molecule has 0 aromatic heterocycles. The summed E-state index contributed by atoms with van der Waals surface area (Å²) < 4.78 is 0. The Kier molecular flexibility index (Phi) is 6.54. The lowest BCUT2D eigenvalue weighted by Gasteiger charge is -2.36. The van der Waals surface area contributed by atoms with Crippen LogP contribution in [0.15, 0.2) is 54.6 Å². The fourth-order valence-corrected chi connectivity index (χ4v) is 4.25. The molecule has 4 rings (SSSR count). The summed E-state index contributed by atoms with van der Waals surface area (Å²) in [5.41, 5.74) is 1.67. The van der Waals surface area contributed by atoms with Crippen LogP contribution in [0.5, 0.6) is 0 Å². The fraction of sp³-hybridized carbons (Fsp3) is 0.304. The molecule has 0 N–H and O–H groups in total. The topological polar surface area (TPSA) is 43.9 Å². The number of carbonyl (C=O) groups is 2. The van der Waals surface area contributed by atoms with Gasteiger partial charge in [0.05, 0.1) is 28.2 Å². The number of hydrogen-bond donors (Lipinski definition) is 0. The molecule has 0 saturated carbocycles. The highest BCUT2D eigenvalue weighted by Crippen LogP contribution is 2.31. The zero-order valence-corrected chi connectivity index (χ0v) is 18.0. The molecule has 2 aliphatic rings. The van der Waals surface area contributed by atoms with Crippen molar-refractivity contribution in [1.82, 2.24) is 9.80 Å². The summed E-state index contributed by atoms with van der Waals surface area (Å²) in [4.78, 5) is 31.3. The average molecular weight is 444 g/mol. The highest BCUT2D eigenvalue weighted by molar-refractivity contribution is 6.42. The van der Waals surface area contributed by atoms with E-state index in [0.717, 1.165) is 32.7 Å². The second kappa shape index (κ2) is 9.31. The van der Waals surface area contributed by atoms with Gasteiger partial charge in [-0.2, -0.15) is 0 Å². The van der Waals surface area contributed by atoms with E-state index in [4.69, 9.17) is 23.2 Å². The normalized spacial score (nSPS) is 21.1. The summed E-state index contributed by atoms with van der Waals surface area (Å²) in [5.74, 6) is -0.382. The number of amides is 2. The van der Waals surface area contributed by atoms with Crippen molar-refractivity contribution < 1.29 is 9.59 Å². The summed E-state index contributed by atoms with van der Waals surface area (Å²) in [6.07, 6.45) is 4.49. The Bertz CT molecular complexity index is 956. The predicted molar refractivity (Wildman–Crippen MR) is 121 cm³/mol. The van der Waals surface area contributed by atoms with Gasteiger partial charge in [-0.3, -0.25) is 19.4 Å². The van der Waals surface area contributed by atoms with Crippen LogP contribution in [-0.2, 0) is 9.59 Å². The first-order valence-corrected chi connectivity index (χ1v) is 10.8. The van der Waals surface area contributed by atoms with Crippen LogP contribution in [-0.4, -0.2) is 60.4 Å². The van der Waals surface area contributed by atoms with E-state index in [2.05, 4.69) is 34.1 Å². The first-order valence-electron chi connectivity index (χ1n) is 10.0. The molecule has 7 heteroatoms. The minimum Gasteiger partial charge on any atom is -0.297 e. The lowest BCUT2D eigenvalue weighted by atomic mass is 10.1. The number of rotatable bonds is 5. The van der Waals surface area contributed by atoms with Gasteiger partial charge in [-0.25, -0.2) is 4.90 Å². The van der Waals surface area contributed by atoms with Crippen LogP contribution in [0.4, 0.5) is 5.69 Å². The van der Waals surface area contributed by atoms with E-state index in [-0.39, 0.29) is 18.2 Å². The van der Waals surface area contributed by atoms with Crippen LogP contribution in [0.25, 0.3) is 6.08 Å². The van der Waals surface area contributed by atoms with Gasteiger partial charge in [0, 0.05) is 32.7 Å². The summed E-state index contributed by atoms with van der Waals surface area (Å²) in [6.45, 7) is 4.12. The molecule has 1 atom stereocenters. The minimum absolute atomic E-state index is 0.184. The molecule has 0 aliphatic carbocycles. The second-order valence-electron chi connectivity index (χ2n) is 7.54. The Hall–Kier alpha value is -2.18. The Morgan fingerprint density at radius 3 is 2.37 bits per heavy atom. The van der Waals surface area contributed by atoms with Gasteiger partial charge in [-0.15, -0.1) is 0 Å². The number of nitrogens with zero attached hydrogens (tertiary/aromatic N) is 3. The van der Waals surface area contributed by atoms with Gasteiger partial charge in [0.15, 0.2) is 0 Å². The van der Waals surface area contributed by atoms with Crippen LogP contribution >= 0.6 is 23.2 Å². The first-order chi connectivity index (χ1) is 14.5. The van der Waals surface area contributed by atoms with E-state index < -0.39 is 6.04 Å². The van der Waals surface area contributed by atoms with Crippen LogP contribution in [0.2, 0.25) is 10.0 Å². The molecule has 156 valence electrons. The van der Waals surface area contributed by atoms with Crippen molar-refractivity contribution in [3.63, 3.8) is 0 Å². The minimum atomic E-state index is -0.408. The van der Waals surface area contributed by atoms with E-state index in [1.54, 1.807) is 18.2 Å². The first kappa shape index (κ1) is 21.1. The predicted octanol–water partition coefficient (Wildman–Crippen LogP) is 3.96. The highest BCUT2D eigenvalue weighted by Gasteiger charge is 2.43. The van der Waals surface area contributed by atoms with Gasteiger partial charge in [-0.05, 0) is 23.8 Å². The summed E-state index contributed by atoms with van der Waals surface area (Å²) in [5, 5.41) is 0.726. The van der Waals surface area contributed by atoms with Crippen molar-refractivity contribution in [2.45, 2.75) is 12.5 Å². The van der Waals surface area contributed by atoms with E-state index in [9.17, 15) is 9.59 Å². The van der Waals surface area contributed by atoms with Crippen molar-refractivity contribution in [2.75, 3.05) is 37.6 Å². The molecule has 2 amide bonds. The van der Waals surface area contributed by atoms with E-state index >= 15 is 0 Å². The molecule has 1 unspecified atom stereocenters. The molecule has 0 spiro atoms. The average Bonchev–Trinajstić information content (AvgIpc) is 3.05. The summed E-state index contributed by atoms with van der Waals surface area (Å²) >= 11 is 12.0. The third kappa shape index (κ3) is 4.60. The van der Waals surface area contributed by atoms with Gasteiger partial charge in [0.2, 0.25) is 5.91 Å². The van der Waals surface area contributed by atoms with Crippen molar-refractivity contribution in [3.8, 4) is 0 Å². The molecule has 2 heterocycles. The zero-order valence-electron chi connectivity index (χ0n) is 16.5. The monoisotopic (exact) mass is 443 g/mol. The molecule has 5 nitrogen and oxygen atoms in total. The van der Waals surface area contributed by atoms with Gasteiger partial charge in [0.25, 0.3) is 5.91 Å². The van der Waals surface area contributed by atoms with Crippen LogP contribution in [0.3, 0.4) is 0 Å². The smallest absolute Gasteiger partial charge is 0.251 e. The molecule has 2 aliphatic heterocycles. The van der Waals surface area contributed by atoms with Crippen molar-refractivity contribution >= 4 is 46.8 Å². The highest BCUT2D eigenvalue weighted by atomic mass is 35.5. The number of carbonyl (C=O) groups excluding carboxylic acids is 2. The van der Waals surface area contributed by atoms with Crippen molar-refractivity contribution in [2.24, 2.45) is 0 Å². The molecule has 2 aromatic carbocycles. The van der Waals surface area contributed by atoms with Gasteiger partial charge >= 0.3 is 0 Å². The molecule has 30 heavy (non-hydrogen) atoms. The van der Waals surface area contributed by atoms with Gasteiger partial charge < -0.3 is 0 Å². The molecule has 0 bridgehead atoms. The largest absolute Gasteiger partial charge is 0.297 e. The van der Waals surface area contributed by atoms with Crippen molar-refractivity contribution in [1.29, 1.82) is 0 Å². The number of anilines is 1. The molecule has 2 fully saturated rings. The number of piperazine rings is 1. The quantitative estimate of drug-likeness (QED) is 0.656. The van der Waals surface area contributed by atoms with E-state index in [1.165, 1.54) is 10.5 Å². The van der Waals surface area contributed by atoms with Crippen molar-refractivity contribution in [3.05, 3.63) is 70.2 Å². The third-order valence-electron chi connectivity index (χ3n) is 5.61. The Balaban J connectivity index is 1.33. The maximum atomic E-state index is 13.0. The molecule has 2 aromatic rings.